The second-order valence-electron chi connectivity index (χ2n) is 12.9. The summed E-state index contributed by atoms with van der Waals surface area (Å²) >= 11 is 3.73. The Kier molecular flexibility index (Phi) is 8.20. The number of hydrogen-bond donors (Lipinski definition) is 0. The van der Waals surface area contributed by atoms with Gasteiger partial charge in [-0.2, -0.15) is 0 Å². The van der Waals surface area contributed by atoms with E-state index in [1.807, 2.05) is 0 Å². The molecule has 0 bridgehead atoms. The average molecular weight is 672 g/mol. The summed E-state index contributed by atoms with van der Waals surface area (Å²) < 4.78 is 12.5. The van der Waals surface area contributed by atoms with Crippen LogP contribution in [-0.2, 0) is 10.2 Å². The second-order valence-corrected chi connectivity index (χ2v) is 19.0. The van der Waals surface area contributed by atoms with Gasteiger partial charge >= 0.3 is 249 Å². The Bertz CT molecular complexity index is 2040. The van der Waals surface area contributed by atoms with Gasteiger partial charge in [0.05, 0.1) is 0 Å². The van der Waals surface area contributed by atoms with Gasteiger partial charge in [0.2, 0.25) is 0 Å². The third kappa shape index (κ3) is 5.78. The summed E-state index contributed by atoms with van der Waals surface area (Å²) in [5.41, 5.74) is 3.74. The Balaban J connectivity index is 1.37. The van der Waals surface area contributed by atoms with Crippen molar-refractivity contribution in [3.8, 4) is 17.6 Å². The number of rotatable bonds is 4. The van der Waals surface area contributed by atoms with Crippen molar-refractivity contribution in [1.82, 2.24) is 0 Å². The van der Waals surface area contributed by atoms with Gasteiger partial charge in [-0.1, -0.05) is 20.8 Å². The maximum absolute atomic E-state index is 6.51. The van der Waals surface area contributed by atoms with Gasteiger partial charge in [0.25, 0.3) is 0 Å². The van der Waals surface area contributed by atoms with Crippen LogP contribution in [0.1, 0.15) is 67.9 Å². The zero-order chi connectivity index (χ0) is 31.0. The molecular weight excluding hydrogens is 634 g/mol. The van der Waals surface area contributed by atoms with Crippen molar-refractivity contribution in [2.45, 2.75) is 51.7 Å². The average Bonchev–Trinajstić information content (AvgIpc) is 3.37. The van der Waals surface area contributed by atoms with Crippen LogP contribution >= 0.6 is 5.51 Å². The molecule has 0 amide bonds. The van der Waals surface area contributed by atoms with Gasteiger partial charge in [0.15, 0.2) is 0 Å². The predicted molar refractivity (Wildman–Crippen MR) is 192 cm³/mol. The summed E-state index contributed by atoms with van der Waals surface area (Å²) in [5.74, 6) is 8.03. The molecule has 2 aliphatic rings. The first-order valence-electron chi connectivity index (χ1n) is 15.8. The van der Waals surface area contributed by atoms with Crippen molar-refractivity contribution in [1.29, 1.82) is 0 Å². The Morgan fingerprint density at radius 1 is 0.822 bits per heavy atom. The first-order chi connectivity index (χ1) is 21.8. The monoisotopic (exact) mass is 672 g/mol. The number of fused-ring (bicyclic) bond motifs is 2. The molecule has 0 aliphatic carbocycles. The van der Waals surface area contributed by atoms with Crippen LogP contribution in [0.5, 0.6) is 5.75 Å². The van der Waals surface area contributed by atoms with E-state index in [-0.39, 0.29) is 11.7 Å². The van der Waals surface area contributed by atoms with Gasteiger partial charge in [-0.05, 0) is 6.42 Å². The van der Waals surface area contributed by atoms with E-state index in [1.54, 1.807) is 0 Å². The van der Waals surface area contributed by atoms with Crippen molar-refractivity contribution in [2.24, 2.45) is 0 Å². The van der Waals surface area contributed by atoms with Crippen molar-refractivity contribution in [3.05, 3.63) is 137 Å². The van der Waals surface area contributed by atoms with Crippen molar-refractivity contribution < 1.29 is 9.47 Å². The minimum atomic E-state index is -1.98. The zero-order valence-electron chi connectivity index (χ0n) is 26.0. The number of ether oxygens (including phenoxy) is 2. The zero-order valence-corrected chi connectivity index (χ0v) is 28.7. The molecule has 1 saturated heterocycles. The van der Waals surface area contributed by atoms with Crippen LogP contribution in [-0.4, -0.2) is 28.0 Å². The fourth-order valence-corrected chi connectivity index (χ4v) is 12.1. The first-order valence-corrected chi connectivity index (χ1v) is 19.8. The molecule has 2 unspecified atom stereocenters. The molecule has 45 heavy (non-hydrogen) atoms. The molecule has 7 rings (SSSR count). The molecule has 5 aromatic rings. The summed E-state index contributed by atoms with van der Waals surface area (Å²) in [6, 6.07) is 39.2. The van der Waals surface area contributed by atoms with Gasteiger partial charge in [0.1, 0.15) is 0 Å². The standard InChI is InChI=1S/C41H37O2PSe/c1-41(2,3)32-22-24-34-30(27-32)21-25-37(43-40-19-11-12-26-42-40)36(34)23-20-29-13-7-9-17-35(29)39-28-31-14-8-10-18-38(31)44(39,45)33-15-5-4-6-16-33/h4-10,13-18,21-22,24-25,27-28,40H,11-12,19,26H2,1-3H3. The minimum absolute atomic E-state index is 0.0577. The summed E-state index contributed by atoms with van der Waals surface area (Å²) in [6.07, 6.45) is 5.21. The van der Waals surface area contributed by atoms with Crippen molar-refractivity contribution in [3.63, 3.8) is 0 Å². The predicted octanol–water partition coefficient (Wildman–Crippen LogP) is 9.01. The fourth-order valence-electron chi connectivity index (χ4n) is 6.32. The number of benzene rings is 5. The molecule has 2 heterocycles. The quantitative estimate of drug-likeness (QED) is 0.108. The molecule has 0 spiro atoms. The molecular formula is C41H37O2PSe. The van der Waals surface area contributed by atoms with E-state index < -0.39 is 5.51 Å². The molecule has 2 atom stereocenters. The van der Waals surface area contributed by atoms with Crippen LogP contribution in [0.2, 0.25) is 0 Å². The molecule has 5 aromatic carbocycles. The van der Waals surface area contributed by atoms with Crippen molar-refractivity contribution in [2.75, 3.05) is 6.61 Å². The first kappa shape index (κ1) is 30.0. The fraction of sp³-hybridized carbons (Fsp3) is 0.220. The van der Waals surface area contributed by atoms with E-state index in [2.05, 4.69) is 163 Å². The van der Waals surface area contributed by atoms with Crippen LogP contribution in [0, 0.1) is 11.8 Å². The Morgan fingerprint density at radius 3 is 2.40 bits per heavy atom. The summed E-state index contributed by atoms with van der Waals surface area (Å²) in [6.45, 7) is 7.49. The van der Waals surface area contributed by atoms with Gasteiger partial charge in [-0.3, -0.25) is 0 Å². The van der Waals surface area contributed by atoms with Crippen LogP contribution in [0.4, 0.5) is 0 Å². The maximum atomic E-state index is 6.51. The third-order valence-corrected chi connectivity index (χ3v) is 15.8. The van der Waals surface area contributed by atoms with Gasteiger partial charge in [0, 0.05) is 0 Å². The van der Waals surface area contributed by atoms with Crippen LogP contribution in [0.3, 0.4) is 0 Å². The van der Waals surface area contributed by atoms with Crippen molar-refractivity contribution >= 4 is 53.4 Å². The molecule has 0 saturated carbocycles. The van der Waals surface area contributed by atoms with E-state index >= 15 is 0 Å². The molecule has 0 radical (unpaired) electrons. The van der Waals surface area contributed by atoms with E-state index in [0.29, 0.717) is 0 Å². The van der Waals surface area contributed by atoms with Crippen LogP contribution < -0.4 is 15.3 Å². The molecule has 0 N–H and O–H groups in total. The van der Waals surface area contributed by atoms with Gasteiger partial charge < -0.3 is 0 Å². The Morgan fingerprint density at radius 2 is 1.60 bits per heavy atom. The topological polar surface area (TPSA) is 18.5 Å². The second kappa shape index (κ2) is 12.3. The van der Waals surface area contributed by atoms with Crippen LogP contribution in [0.15, 0.2) is 109 Å². The summed E-state index contributed by atoms with van der Waals surface area (Å²) in [4.78, 5) is 0. The molecule has 4 heteroatoms. The van der Waals surface area contributed by atoms with E-state index in [9.17, 15) is 0 Å². The third-order valence-electron chi connectivity index (χ3n) is 8.80. The number of hydrogen-bond acceptors (Lipinski definition) is 2. The van der Waals surface area contributed by atoms with Gasteiger partial charge in [-0.15, -0.1) is 0 Å². The van der Waals surface area contributed by atoms with E-state index in [0.717, 1.165) is 48.1 Å². The molecule has 224 valence electrons. The SMILES string of the molecule is CC(C)(C)c1ccc2c(C#Cc3ccccc3C3=Cc4ccccc4P3(=[Se])c3ccccc3)c(OC3CCCCO3)ccc2c1. The normalized spacial score (nSPS) is 19.4. The Labute approximate surface area is 274 Å². The van der Waals surface area contributed by atoms with Gasteiger partial charge in [-0.25, -0.2) is 0 Å². The molecule has 2 aliphatic heterocycles. The van der Waals surface area contributed by atoms with E-state index in [4.69, 9.17) is 9.47 Å². The molecule has 0 aromatic heterocycles. The molecule has 2 nitrogen and oxygen atoms in total. The Hall–Kier alpha value is -3.63. The summed E-state index contributed by atoms with van der Waals surface area (Å²) in [5, 5.41) is 6.29. The molecule has 1 fully saturated rings. The van der Waals surface area contributed by atoms with Crippen LogP contribution in [0.25, 0.3) is 22.2 Å². The van der Waals surface area contributed by atoms with E-state index in [1.165, 1.54) is 38.0 Å². The summed E-state index contributed by atoms with van der Waals surface area (Å²) in [7, 11) is 0.